The summed E-state index contributed by atoms with van der Waals surface area (Å²) in [6.45, 7) is 6.26. The molecule has 3 saturated heterocycles. The Balaban J connectivity index is 1.42. The van der Waals surface area contributed by atoms with Crippen molar-refractivity contribution in [2.24, 2.45) is 11.8 Å². The van der Waals surface area contributed by atoms with Gasteiger partial charge < -0.3 is 14.4 Å². The quantitative estimate of drug-likeness (QED) is 0.843. The van der Waals surface area contributed by atoms with E-state index in [1.165, 1.54) is 6.42 Å². The number of nitrogens with zero attached hydrogens (tertiary/aromatic N) is 4. The van der Waals surface area contributed by atoms with Crippen LogP contribution in [0.25, 0.3) is 0 Å². The second kappa shape index (κ2) is 4.51. The number of aliphatic hydroxyl groups excluding tert-OH is 1. The summed E-state index contributed by atoms with van der Waals surface area (Å²) in [6, 6.07) is 0. The van der Waals surface area contributed by atoms with Gasteiger partial charge in [-0.05, 0) is 19.8 Å². The average Bonchev–Trinajstić information content (AvgIpc) is 3.15. The molecule has 0 saturated carbocycles. The summed E-state index contributed by atoms with van der Waals surface area (Å²) in [5.74, 6) is 1.84. The second-order valence-corrected chi connectivity index (χ2v) is 6.52. The van der Waals surface area contributed by atoms with Crippen molar-refractivity contribution < 1.29 is 9.84 Å². The monoisotopic (exact) mass is 278 g/mol. The summed E-state index contributed by atoms with van der Waals surface area (Å²) in [7, 11) is 0. The van der Waals surface area contributed by atoms with Gasteiger partial charge in [-0.15, -0.1) is 10.2 Å². The summed E-state index contributed by atoms with van der Waals surface area (Å²) >= 11 is 0. The van der Waals surface area contributed by atoms with Gasteiger partial charge in [-0.25, -0.2) is 0 Å². The van der Waals surface area contributed by atoms with Crippen LogP contribution in [0.5, 0.6) is 0 Å². The van der Waals surface area contributed by atoms with Crippen LogP contribution in [0.2, 0.25) is 0 Å². The van der Waals surface area contributed by atoms with Crippen LogP contribution in [-0.2, 0) is 11.3 Å². The van der Waals surface area contributed by atoms with Crippen LogP contribution in [0, 0.1) is 18.8 Å². The molecule has 20 heavy (non-hydrogen) atoms. The molecule has 0 aromatic carbocycles. The highest BCUT2D eigenvalue weighted by molar-refractivity contribution is 5.12. The van der Waals surface area contributed by atoms with Gasteiger partial charge in [-0.1, -0.05) is 0 Å². The first kappa shape index (κ1) is 12.7. The van der Waals surface area contributed by atoms with Gasteiger partial charge in [0.1, 0.15) is 12.2 Å². The number of aryl methyl sites for hydroxylation is 1. The molecule has 3 fully saturated rings. The minimum atomic E-state index is 0.0420. The molecule has 3 aliphatic rings. The first-order chi connectivity index (χ1) is 9.72. The predicted octanol–water partition coefficient (Wildman–Crippen LogP) is 0.0582. The smallest absolute Gasteiger partial charge is 0.129 e. The lowest BCUT2D eigenvalue weighted by Crippen LogP contribution is -2.38. The van der Waals surface area contributed by atoms with Gasteiger partial charge in [0.25, 0.3) is 0 Å². The number of aliphatic hydroxyl groups is 1. The number of hydrogen-bond acceptors (Lipinski definition) is 5. The third-order valence-electron chi connectivity index (χ3n) is 5.53. The largest absolute Gasteiger partial charge is 0.396 e. The molecule has 3 aliphatic heterocycles. The molecule has 1 spiro atoms. The number of aromatic nitrogens is 3. The van der Waals surface area contributed by atoms with Crippen molar-refractivity contribution in [3.63, 3.8) is 0 Å². The van der Waals surface area contributed by atoms with Gasteiger partial charge in [0, 0.05) is 44.6 Å². The van der Waals surface area contributed by atoms with Gasteiger partial charge in [-0.3, -0.25) is 4.90 Å². The number of rotatable bonds is 4. The van der Waals surface area contributed by atoms with Crippen molar-refractivity contribution in [3.8, 4) is 0 Å². The molecule has 1 aromatic rings. The SMILES string of the molecule is Cc1nncn1CCN1C[C@H]2[C@@H](CO)[C@@H]3CC[C@@]2(C1)O3. The van der Waals surface area contributed by atoms with E-state index < -0.39 is 0 Å². The Morgan fingerprint density at radius 2 is 2.40 bits per heavy atom. The molecule has 2 bridgehead atoms. The number of fused-ring (bicyclic) bond motifs is 1. The Morgan fingerprint density at radius 3 is 3.15 bits per heavy atom. The fraction of sp³-hybridized carbons (Fsp3) is 0.857. The normalized spacial score (nSPS) is 39.6. The van der Waals surface area contributed by atoms with Gasteiger partial charge in [0.15, 0.2) is 0 Å². The molecule has 0 aliphatic carbocycles. The van der Waals surface area contributed by atoms with Crippen LogP contribution in [-0.4, -0.2) is 62.7 Å². The van der Waals surface area contributed by atoms with E-state index in [0.29, 0.717) is 17.9 Å². The van der Waals surface area contributed by atoms with Gasteiger partial charge in [-0.2, -0.15) is 0 Å². The van der Waals surface area contributed by atoms with Gasteiger partial charge in [0.05, 0.1) is 11.7 Å². The zero-order chi connectivity index (χ0) is 13.7. The predicted molar refractivity (Wildman–Crippen MR) is 72.1 cm³/mol. The minimum Gasteiger partial charge on any atom is -0.396 e. The molecular formula is C14H22N4O2. The van der Waals surface area contributed by atoms with Crippen molar-refractivity contribution in [1.29, 1.82) is 0 Å². The van der Waals surface area contributed by atoms with E-state index >= 15 is 0 Å². The highest BCUT2D eigenvalue weighted by Crippen LogP contribution is 2.54. The number of likely N-dealkylation sites (tertiary alicyclic amines) is 1. The molecule has 1 N–H and O–H groups in total. The highest BCUT2D eigenvalue weighted by Gasteiger charge is 2.62. The van der Waals surface area contributed by atoms with Gasteiger partial charge in [0.2, 0.25) is 0 Å². The zero-order valence-corrected chi connectivity index (χ0v) is 11.9. The topological polar surface area (TPSA) is 63.4 Å². The molecule has 4 atom stereocenters. The molecule has 4 rings (SSSR count). The van der Waals surface area contributed by atoms with Crippen molar-refractivity contribution in [1.82, 2.24) is 19.7 Å². The third kappa shape index (κ3) is 1.75. The Morgan fingerprint density at radius 1 is 1.50 bits per heavy atom. The lowest BCUT2D eigenvalue weighted by Gasteiger charge is -2.28. The van der Waals surface area contributed by atoms with E-state index in [2.05, 4.69) is 19.7 Å². The van der Waals surface area contributed by atoms with Crippen LogP contribution in [0.3, 0.4) is 0 Å². The van der Waals surface area contributed by atoms with Crippen molar-refractivity contribution in [2.75, 3.05) is 26.2 Å². The lowest BCUT2D eigenvalue weighted by molar-refractivity contribution is 0.000807. The maximum Gasteiger partial charge on any atom is 0.129 e. The van der Waals surface area contributed by atoms with Crippen LogP contribution >= 0.6 is 0 Å². The molecule has 1 aromatic heterocycles. The number of hydrogen-bond donors (Lipinski definition) is 1. The van der Waals surface area contributed by atoms with E-state index in [1.807, 2.05) is 6.92 Å². The van der Waals surface area contributed by atoms with E-state index in [9.17, 15) is 5.11 Å². The first-order valence-electron chi connectivity index (χ1n) is 7.57. The minimum absolute atomic E-state index is 0.0420. The zero-order valence-electron chi connectivity index (χ0n) is 11.9. The average molecular weight is 278 g/mol. The summed E-state index contributed by atoms with van der Waals surface area (Å²) in [5.41, 5.74) is 0.0420. The molecule has 0 unspecified atom stereocenters. The van der Waals surface area contributed by atoms with E-state index in [-0.39, 0.29) is 12.2 Å². The Kier molecular flexibility index (Phi) is 2.87. The highest BCUT2D eigenvalue weighted by atomic mass is 16.5. The summed E-state index contributed by atoms with van der Waals surface area (Å²) in [5, 5.41) is 17.6. The molecule has 4 heterocycles. The fourth-order valence-electron chi connectivity index (χ4n) is 4.48. The van der Waals surface area contributed by atoms with Crippen molar-refractivity contribution >= 4 is 0 Å². The molecule has 110 valence electrons. The second-order valence-electron chi connectivity index (χ2n) is 6.52. The molecular weight excluding hydrogens is 256 g/mol. The molecule has 0 radical (unpaired) electrons. The third-order valence-corrected chi connectivity index (χ3v) is 5.53. The Hall–Kier alpha value is -0.980. The van der Waals surface area contributed by atoms with E-state index in [1.54, 1.807) is 6.33 Å². The summed E-state index contributed by atoms with van der Waals surface area (Å²) in [4.78, 5) is 2.48. The van der Waals surface area contributed by atoms with Crippen LogP contribution in [0.1, 0.15) is 18.7 Å². The standard InChI is InChI=1S/C14H22N4O2/c1-10-16-15-9-18(10)5-4-17-6-12-11(7-19)13-2-3-14(12,8-17)20-13/h9,11-13,19H,2-8H2,1H3/t11-,12+,13+,14+/m1/s1. The summed E-state index contributed by atoms with van der Waals surface area (Å²) < 4.78 is 8.34. The maximum absolute atomic E-state index is 9.62. The van der Waals surface area contributed by atoms with Crippen molar-refractivity contribution in [3.05, 3.63) is 12.2 Å². The number of ether oxygens (including phenoxy) is 1. The maximum atomic E-state index is 9.62. The van der Waals surface area contributed by atoms with Crippen LogP contribution in [0.4, 0.5) is 0 Å². The Labute approximate surface area is 118 Å². The molecule has 0 amide bonds. The lowest BCUT2D eigenvalue weighted by atomic mass is 9.74. The first-order valence-corrected chi connectivity index (χ1v) is 7.57. The van der Waals surface area contributed by atoms with Crippen LogP contribution < -0.4 is 0 Å². The van der Waals surface area contributed by atoms with Gasteiger partial charge >= 0.3 is 0 Å². The summed E-state index contributed by atoms with van der Waals surface area (Å²) in [6.07, 6.45) is 4.40. The van der Waals surface area contributed by atoms with E-state index in [0.717, 1.165) is 38.4 Å². The van der Waals surface area contributed by atoms with Crippen LogP contribution in [0.15, 0.2) is 6.33 Å². The molecule has 6 nitrogen and oxygen atoms in total. The molecule has 6 heteroatoms. The van der Waals surface area contributed by atoms with E-state index in [4.69, 9.17) is 4.74 Å². The fourth-order valence-corrected chi connectivity index (χ4v) is 4.48. The van der Waals surface area contributed by atoms with Crippen molar-refractivity contribution in [2.45, 2.75) is 38.0 Å². The Bertz CT molecular complexity index is 505.